The van der Waals surface area contributed by atoms with Gasteiger partial charge >= 0.3 is 5.97 Å². The van der Waals surface area contributed by atoms with Crippen molar-refractivity contribution in [3.63, 3.8) is 0 Å². The van der Waals surface area contributed by atoms with Crippen molar-refractivity contribution in [2.75, 3.05) is 13.4 Å². The average Bonchev–Trinajstić information content (AvgIpc) is 2.88. The topological polar surface area (TPSA) is 73.9 Å². The Morgan fingerprint density at radius 2 is 2.05 bits per heavy atom. The third-order valence-corrected chi connectivity index (χ3v) is 3.71. The third kappa shape index (κ3) is 3.26. The van der Waals surface area contributed by atoms with Crippen molar-refractivity contribution >= 4 is 11.9 Å². The standard InChI is InChI=1S/C15H17NO5/c17-14(8-19-15(18)11-2-1-3-11)16-7-10-4-5-12-13(6-10)21-9-20-12/h4-6,11H,1-3,7-9H2,(H,16,17). The van der Waals surface area contributed by atoms with E-state index in [0.29, 0.717) is 18.0 Å². The quantitative estimate of drug-likeness (QED) is 0.830. The predicted molar refractivity (Wildman–Crippen MR) is 72.7 cm³/mol. The zero-order chi connectivity index (χ0) is 14.7. The number of carbonyl (C=O) groups is 2. The van der Waals surface area contributed by atoms with Gasteiger partial charge in [-0.15, -0.1) is 0 Å². The van der Waals surface area contributed by atoms with Gasteiger partial charge in [0.1, 0.15) is 0 Å². The first-order chi connectivity index (χ1) is 10.2. The number of fused-ring (bicyclic) bond motifs is 1. The van der Waals surface area contributed by atoms with Crippen LogP contribution < -0.4 is 14.8 Å². The zero-order valence-electron chi connectivity index (χ0n) is 11.6. The number of esters is 1. The highest BCUT2D eigenvalue weighted by Gasteiger charge is 2.27. The smallest absolute Gasteiger partial charge is 0.309 e. The monoisotopic (exact) mass is 291 g/mol. The molecule has 1 heterocycles. The van der Waals surface area contributed by atoms with Crippen LogP contribution in [0.5, 0.6) is 11.5 Å². The number of amides is 1. The SMILES string of the molecule is O=C(COC(=O)C1CCC1)NCc1ccc2c(c1)OCO2. The van der Waals surface area contributed by atoms with Gasteiger partial charge in [-0.25, -0.2) is 0 Å². The van der Waals surface area contributed by atoms with Crippen LogP contribution >= 0.6 is 0 Å². The minimum absolute atomic E-state index is 0.00772. The lowest BCUT2D eigenvalue weighted by Gasteiger charge is -2.22. The fraction of sp³-hybridized carbons (Fsp3) is 0.467. The molecule has 0 bridgehead atoms. The van der Waals surface area contributed by atoms with E-state index in [4.69, 9.17) is 14.2 Å². The van der Waals surface area contributed by atoms with E-state index in [1.165, 1.54) is 0 Å². The van der Waals surface area contributed by atoms with Gasteiger partial charge in [-0.2, -0.15) is 0 Å². The van der Waals surface area contributed by atoms with Crippen LogP contribution in [0.25, 0.3) is 0 Å². The molecule has 2 aliphatic rings. The maximum Gasteiger partial charge on any atom is 0.309 e. The molecule has 1 aromatic carbocycles. The van der Waals surface area contributed by atoms with Crippen LogP contribution in [-0.4, -0.2) is 25.3 Å². The summed E-state index contributed by atoms with van der Waals surface area (Å²) in [6.07, 6.45) is 2.81. The van der Waals surface area contributed by atoms with E-state index in [2.05, 4.69) is 5.32 Å². The van der Waals surface area contributed by atoms with E-state index in [0.717, 1.165) is 24.8 Å². The number of ether oxygens (including phenoxy) is 3. The molecule has 1 aliphatic heterocycles. The Kier molecular flexibility index (Phi) is 3.94. The van der Waals surface area contributed by atoms with Gasteiger partial charge in [0.25, 0.3) is 5.91 Å². The maximum atomic E-state index is 11.6. The molecule has 0 saturated heterocycles. The molecule has 0 spiro atoms. The van der Waals surface area contributed by atoms with Crippen molar-refractivity contribution in [1.82, 2.24) is 5.32 Å². The van der Waals surface area contributed by atoms with Gasteiger partial charge in [-0.3, -0.25) is 9.59 Å². The number of carbonyl (C=O) groups excluding carboxylic acids is 2. The number of benzene rings is 1. The molecule has 6 heteroatoms. The van der Waals surface area contributed by atoms with Crippen molar-refractivity contribution in [2.24, 2.45) is 5.92 Å². The van der Waals surface area contributed by atoms with E-state index in [9.17, 15) is 9.59 Å². The van der Waals surface area contributed by atoms with Gasteiger partial charge in [0, 0.05) is 6.54 Å². The lowest BCUT2D eigenvalue weighted by atomic mass is 9.86. The third-order valence-electron chi connectivity index (χ3n) is 3.71. The second kappa shape index (κ2) is 6.03. The number of hydrogen-bond donors (Lipinski definition) is 1. The normalized spacial score (nSPS) is 16.2. The summed E-state index contributed by atoms with van der Waals surface area (Å²) < 4.78 is 15.5. The fourth-order valence-corrected chi connectivity index (χ4v) is 2.20. The van der Waals surface area contributed by atoms with Crippen LogP contribution in [0.15, 0.2) is 18.2 Å². The van der Waals surface area contributed by atoms with E-state index in [1.54, 1.807) is 6.07 Å². The molecule has 0 aromatic heterocycles. The number of rotatable bonds is 5. The van der Waals surface area contributed by atoms with Gasteiger partial charge in [-0.05, 0) is 30.5 Å². The summed E-state index contributed by atoms with van der Waals surface area (Å²) in [7, 11) is 0. The fourth-order valence-electron chi connectivity index (χ4n) is 2.20. The van der Waals surface area contributed by atoms with Crippen molar-refractivity contribution in [1.29, 1.82) is 0 Å². The first-order valence-electron chi connectivity index (χ1n) is 7.04. The molecular formula is C15H17NO5. The first kappa shape index (κ1) is 13.7. The van der Waals surface area contributed by atoms with E-state index in [-0.39, 0.29) is 31.2 Å². The Labute approximate surface area is 122 Å². The van der Waals surface area contributed by atoms with Crippen molar-refractivity contribution in [3.05, 3.63) is 23.8 Å². The van der Waals surface area contributed by atoms with Gasteiger partial charge < -0.3 is 19.5 Å². The van der Waals surface area contributed by atoms with Crippen molar-refractivity contribution in [2.45, 2.75) is 25.8 Å². The molecule has 0 radical (unpaired) electrons. The summed E-state index contributed by atoms with van der Waals surface area (Å²) >= 11 is 0. The number of nitrogens with one attached hydrogen (secondary N) is 1. The van der Waals surface area contributed by atoms with Crippen LogP contribution in [0.4, 0.5) is 0 Å². The van der Waals surface area contributed by atoms with E-state index in [1.807, 2.05) is 12.1 Å². The van der Waals surface area contributed by atoms with Gasteiger partial charge in [0.2, 0.25) is 6.79 Å². The van der Waals surface area contributed by atoms with Crippen LogP contribution in [0.3, 0.4) is 0 Å². The highest BCUT2D eigenvalue weighted by molar-refractivity contribution is 5.81. The molecular weight excluding hydrogens is 274 g/mol. The Balaban J connectivity index is 1.42. The molecule has 6 nitrogen and oxygen atoms in total. The zero-order valence-corrected chi connectivity index (χ0v) is 11.6. The summed E-state index contributed by atoms with van der Waals surface area (Å²) in [6.45, 7) is 0.360. The second-order valence-corrected chi connectivity index (χ2v) is 5.20. The molecule has 0 atom stereocenters. The minimum atomic E-state index is -0.305. The summed E-state index contributed by atoms with van der Waals surface area (Å²) in [5.74, 6) is 0.809. The molecule has 1 aromatic rings. The molecule has 112 valence electrons. The van der Waals surface area contributed by atoms with E-state index < -0.39 is 0 Å². The van der Waals surface area contributed by atoms with Crippen molar-refractivity contribution in [3.8, 4) is 11.5 Å². The van der Waals surface area contributed by atoms with Crippen LogP contribution in [0, 0.1) is 5.92 Å². The molecule has 21 heavy (non-hydrogen) atoms. The second-order valence-electron chi connectivity index (χ2n) is 5.20. The van der Waals surface area contributed by atoms with Crippen LogP contribution in [0.1, 0.15) is 24.8 Å². The molecule has 1 fully saturated rings. The summed E-state index contributed by atoms with van der Waals surface area (Å²) in [6, 6.07) is 5.48. The number of hydrogen-bond acceptors (Lipinski definition) is 5. The van der Waals surface area contributed by atoms with Gasteiger partial charge in [-0.1, -0.05) is 12.5 Å². The molecule has 1 N–H and O–H groups in total. The first-order valence-corrected chi connectivity index (χ1v) is 7.04. The summed E-state index contributed by atoms with van der Waals surface area (Å²) in [4.78, 5) is 23.1. The minimum Gasteiger partial charge on any atom is -0.455 e. The lowest BCUT2D eigenvalue weighted by Crippen LogP contribution is -2.31. The largest absolute Gasteiger partial charge is 0.455 e. The van der Waals surface area contributed by atoms with Gasteiger partial charge in [0.15, 0.2) is 18.1 Å². The lowest BCUT2D eigenvalue weighted by molar-refractivity contribution is -0.155. The predicted octanol–water partition coefficient (Wildman–Crippen LogP) is 1.37. The Morgan fingerprint density at radius 1 is 1.24 bits per heavy atom. The maximum absolute atomic E-state index is 11.6. The summed E-state index contributed by atoms with van der Waals surface area (Å²) in [5, 5.41) is 2.71. The molecule has 1 saturated carbocycles. The molecule has 3 rings (SSSR count). The Morgan fingerprint density at radius 3 is 2.81 bits per heavy atom. The summed E-state index contributed by atoms with van der Waals surface area (Å²) in [5.41, 5.74) is 0.901. The highest BCUT2D eigenvalue weighted by atomic mass is 16.7. The molecule has 1 aliphatic carbocycles. The Hall–Kier alpha value is -2.24. The Bertz CT molecular complexity index is 553. The highest BCUT2D eigenvalue weighted by Crippen LogP contribution is 2.32. The van der Waals surface area contributed by atoms with E-state index >= 15 is 0 Å². The molecule has 0 unspecified atom stereocenters. The van der Waals surface area contributed by atoms with Crippen LogP contribution in [0.2, 0.25) is 0 Å². The van der Waals surface area contributed by atoms with Crippen LogP contribution in [-0.2, 0) is 20.9 Å². The van der Waals surface area contributed by atoms with Crippen molar-refractivity contribution < 1.29 is 23.8 Å². The molecule has 1 amide bonds. The van der Waals surface area contributed by atoms with Gasteiger partial charge in [0.05, 0.1) is 5.92 Å². The average molecular weight is 291 g/mol.